The number of rotatable bonds is 7. The first-order valence-electron chi connectivity index (χ1n) is 11.1. The van der Waals surface area contributed by atoms with Gasteiger partial charge in [-0.15, -0.1) is 11.8 Å². The maximum atomic E-state index is 13.4. The van der Waals surface area contributed by atoms with Crippen LogP contribution in [0.5, 0.6) is 0 Å². The Kier molecular flexibility index (Phi) is 8.88. The highest BCUT2D eigenvalue weighted by Gasteiger charge is 2.22. The zero-order valence-corrected chi connectivity index (χ0v) is 22.4. The number of carbonyl (C=O) groups is 1. The van der Waals surface area contributed by atoms with Crippen LogP contribution in [0.15, 0.2) is 102 Å². The summed E-state index contributed by atoms with van der Waals surface area (Å²) in [6, 6.07) is 30.4. The highest BCUT2D eigenvalue weighted by molar-refractivity contribution is 8.00. The number of anilines is 3. The third-order valence-corrected chi connectivity index (χ3v) is 7.01. The highest BCUT2D eigenvalue weighted by atomic mass is 35.5. The molecule has 4 rings (SSSR count). The van der Waals surface area contributed by atoms with Crippen LogP contribution in [0, 0.1) is 6.92 Å². The van der Waals surface area contributed by atoms with E-state index in [0.717, 1.165) is 21.8 Å². The average molecular weight is 553 g/mol. The average Bonchev–Trinajstić information content (AvgIpc) is 2.84. The molecule has 182 valence electrons. The van der Waals surface area contributed by atoms with E-state index in [1.54, 1.807) is 18.2 Å². The fourth-order valence-corrected chi connectivity index (χ4v) is 5.29. The van der Waals surface area contributed by atoms with Crippen LogP contribution in [0.4, 0.5) is 17.1 Å². The molecule has 4 nitrogen and oxygen atoms in total. The quantitative estimate of drug-likeness (QED) is 0.158. The first-order valence-corrected chi connectivity index (χ1v) is 13.1. The normalized spacial score (nSPS) is 11.4. The SMILES string of the molecule is Cc1ccc(NC(=S)Nc2cccc(SC(C(=O)Nc3cc(Cl)cc(Cl)c3)c3ccccc3)c2)cc1. The van der Waals surface area contributed by atoms with Crippen LogP contribution in [0.1, 0.15) is 16.4 Å². The van der Waals surface area contributed by atoms with Gasteiger partial charge in [-0.1, -0.05) is 77.3 Å². The van der Waals surface area contributed by atoms with E-state index >= 15 is 0 Å². The molecule has 0 radical (unpaired) electrons. The summed E-state index contributed by atoms with van der Waals surface area (Å²) in [7, 11) is 0. The minimum atomic E-state index is -0.503. The van der Waals surface area contributed by atoms with Crippen LogP contribution in [-0.2, 0) is 4.79 Å². The number of benzene rings is 4. The van der Waals surface area contributed by atoms with Gasteiger partial charge in [0.15, 0.2) is 5.11 Å². The minimum Gasteiger partial charge on any atom is -0.332 e. The van der Waals surface area contributed by atoms with Crippen LogP contribution in [0.25, 0.3) is 0 Å². The van der Waals surface area contributed by atoms with Gasteiger partial charge in [-0.2, -0.15) is 0 Å². The van der Waals surface area contributed by atoms with E-state index in [1.165, 1.54) is 17.3 Å². The number of amides is 1. The van der Waals surface area contributed by atoms with Crippen LogP contribution < -0.4 is 16.0 Å². The van der Waals surface area contributed by atoms with Gasteiger partial charge in [0.25, 0.3) is 0 Å². The van der Waals surface area contributed by atoms with Crippen molar-refractivity contribution >= 4 is 75.3 Å². The Morgan fingerprint density at radius 2 is 1.42 bits per heavy atom. The summed E-state index contributed by atoms with van der Waals surface area (Å²) in [6.45, 7) is 2.04. The van der Waals surface area contributed by atoms with Gasteiger partial charge in [0.1, 0.15) is 5.25 Å². The number of carbonyl (C=O) groups excluding carboxylic acids is 1. The van der Waals surface area contributed by atoms with E-state index < -0.39 is 5.25 Å². The Balaban J connectivity index is 1.50. The lowest BCUT2D eigenvalue weighted by Crippen LogP contribution is -2.19. The Morgan fingerprint density at radius 3 is 2.11 bits per heavy atom. The molecule has 0 aliphatic heterocycles. The Hall–Kier alpha value is -3.03. The van der Waals surface area contributed by atoms with E-state index in [-0.39, 0.29) is 5.91 Å². The van der Waals surface area contributed by atoms with Gasteiger partial charge in [-0.25, -0.2) is 0 Å². The molecule has 1 amide bonds. The van der Waals surface area contributed by atoms with Gasteiger partial charge >= 0.3 is 0 Å². The molecule has 0 saturated carbocycles. The van der Waals surface area contributed by atoms with Crippen LogP contribution in [0.2, 0.25) is 10.0 Å². The zero-order valence-electron chi connectivity index (χ0n) is 19.3. The predicted molar refractivity (Wildman–Crippen MR) is 158 cm³/mol. The van der Waals surface area contributed by atoms with Crippen LogP contribution in [0.3, 0.4) is 0 Å². The maximum absolute atomic E-state index is 13.4. The number of hydrogen-bond acceptors (Lipinski definition) is 3. The molecular weight excluding hydrogens is 529 g/mol. The van der Waals surface area contributed by atoms with E-state index in [0.29, 0.717) is 20.8 Å². The van der Waals surface area contributed by atoms with Gasteiger partial charge in [-0.3, -0.25) is 4.79 Å². The summed E-state index contributed by atoms with van der Waals surface area (Å²) in [4.78, 5) is 14.3. The number of thiocarbonyl (C=S) groups is 1. The lowest BCUT2D eigenvalue weighted by molar-refractivity contribution is -0.115. The fourth-order valence-electron chi connectivity index (χ4n) is 3.45. The van der Waals surface area contributed by atoms with Gasteiger partial charge in [0.2, 0.25) is 5.91 Å². The molecule has 0 aliphatic rings. The van der Waals surface area contributed by atoms with Crippen LogP contribution in [-0.4, -0.2) is 11.0 Å². The zero-order chi connectivity index (χ0) is 25.5. The predicted octanol–water partition coefficient (Wildman–Crippen LogP) is 8.58. The van der Waals surface area contributed by atoms with Crippen molar-refractivity contribution in [1.29, 1.82) is 0 Å². The molecule has 3 N–H and O–H groups in total. The third kappa shape index (κ3) is 7.48. The number of aryl methyl sites for hydroxylation is 1. The third-order valence-electron chi connectivity index (χ3n) is 5.13. The van der Waals surface area contributed by atoms with E-state index in [9.17, 15) is 4.79 Å². The summed E-state index contributed by atoms with van der Waals surface area (Å²) in [6.07, 6.45) is 0. The van der Waals surface area contributed by atoms with Crippen LogP contribution >= 0.6 is 47.2 Å². The van der Waals surface area contributed by atoms with Crippen molar-refractivity contribution in [2.45, 2.75) is 17.1 Å². The molecule has 0 heterocycles. The number of hydrogen-bond donors (Lipinski definition) is 3. The molecule has 4 aromatic rings. The summed E-state index contributed by atoms with van der Waals surface area (Å²) < 4.78 is 0. The van der Waals surface area contributed by atoms with Gasteiger partial charge < -0.3 is 16.0 Å². The largest absolute Gasteiger partial charge is 0.332 e. The second-order valence-electron chi connectivity index (χ2n) is 8.03. The molecule has 4 aromatic carbocycles. The van der Waals surface area contributed by atoms with Gasteiger partial charge in [-0.05, 0) is 73.2 Å². The van der Waals surface area contributed by atoms with E-state index in [4.69, 9.17) is 35.4 Å². The molecule has 0 bridgehead atoms. The molecule has 0 saturated heterocycles. The minimum absolute atomic E-state index is 0.181. The maximum Gasteiger partial charge on any atom is 0.242 e. The summed E-state index contributed by atoms with van der Waals surface area (Å²) in [5, 5.41) is 10.2. The van der Waals surface area contributed by atoms with Gasteiger partial charge in [0.05, 0.1) is 0 Å². The molecule has 0 spiro atoms. The van der Waals surface area contributed by atoms with Gasteiger partial charge in [0, 0.05) is 32.0 Å². The van der Waals surface area contributed by atoms with Crippen molar-refractivity contribution in [3.05, 3.63) is 118 Å². The first-order chi connectivity index (χ1) is 17.4. The summed E-state index contributed by atoms with van der Waals surface area (Å²) in [5.74, 6) is -0.181. The molecule has 0 aliphatic carbocycles. The molecule has 8 heteroatoms. The number of halogens is 2. The Labute approximate surface area is 230 Å². The summed E-state index contributed by atoms with van der Waals surface area (Å²) in [5.41, 5.74) is 4.33. The fraction of sp³-hybridized carbons (Fsp3) is 0.0714. The molecule has 0 aromatic heterocycles. The van der Waals surface area contributed by atoms with Crippen molar-refractivity contribution in [2.75, 3.05) is 16.0 Å². The first kappa shape index (κ1) is 26.0. The molecule has 1 unspecified atom stereocenters. The van der Waals surface area contributed by atoms with Crippen molar-refractivity contribution in [3.8, 4) is 0 Å². The number of nitrogens with one attached hydrogen (secondary N) is 3. The topological polar surface area (TPSA) is 53.2 Å². The standard InChI is InChI=1S/C28H23Cl2N3OS2/c1-18-10-12-22(13-11-18)32-28(35)33-23-8-5-9-25(17-23)36-26(19-6-3-2-4-7-19)27(34)31-24-15-20(29)14-21(30)16-24/h2-17,26H,1H3,(H,31,34)(H2,32,33,35). The second-order valence-corrected chi connectivity index (χ2v) is 10.5. The molecular formula is C28H23Cl2N3OS2. The summed E-state index contributed by atoms with van der Waals surface area (Å²) >= 11 is 19.1. The molecule has 36 heavy (non-hydrogen) atoms. The molecule has 1 atom stereocenters. The van der Waals surface area contributed by atoms with Crippen molar-refractivity contribution < 1.29 is 4.79 Å². The lowest BCUT2D eigenvalue weighted by atomic mass is 10.1. The van der Waals surface area contributed by atoms with Crippen molar-refractivity contribution in [3.63, 3.8) is 0 Å². The highest BCUT2D eigenvalue weighted by Crippen LogP contribution is 2.37. The molecule has 0 fully saturated rings. The van der Waals surface area contributed by atoms with Crippen molar-refractivity contribution in [1.82, 2.24) is 0 Å². The lowest BCUT2D eigenvalue weighted by Gasteiger charge is -2.18. The van der Waals surface area contributed by atoms with E-state index in [2.05, 4.69) is 16.0 Å². The smallest absolute Gasteiger partial charge is 0.242 e. The van der Waals surface area contributed by atoms with Crippen molar-refractivity contribution in [2.24, 2.45) is 0 Å². The Bertz CT molecular complexity index is 1340. The monoisotopic (exact) mass is 551 g/mol. The van der Waals surface area contributed by atoms with E-state index in [1.807, 2.05) is 85.8 Å². The second kappa shape index (κ2) is 12.3. The number of thioether (sulfide) groups is 1. The Morgan fingerprint density at radius 1 is 0.750 bits per heavy atom.